The van der Waals surface area contributed by atoms with Crippen molar-refractivity contribution in [3.05, 3.63) is 58.9 Å². The third-order valence-corrected chi connectivity index (χ3v) is 6.48. The van der Waals surface area contributed by atoms with Gasteiger partial charge in [-0.25, -0.2) is 9.78 Å². The van der Waals surface area contributed by atoms with E-state index in [9.17, 15) is 9.90 Å². The molecular weight excluding hydrogens is 418 g/mol. The number of hydrogen-bond acceptors (Lipinski definition) is 7. The number of amides is 2. The summed E-state index contributed by atoms with van der Waals surface area (Å²) in [4.78, 5) is 19.8. The van der Waals surface area contributed by atoms with E-state index in [1.54, 1.807) is 20.0 Å². The monoisotopic (exact) mass is 443 g/mol. The molecule has 4 rings (SSSR count). The van der Waals surface area contributed by atoms with Crippen LogP contribution in [0.15, 0.2) is 46.8 Å². The molecule has 0 bridgehead atoms. The second-order valence-electron chi connectivity index (χ2n) is 7.35. The zero-order valence-electron chi connectivity index (χ0n) is 16.9. The van der Waals surface area contributed by atoms with E-state index in [0.29, 0.717) is 5.01 Å². The highest BCUT2D eigenvalue weighted by atomic mass is 32.2. The Hall–Kier alpha value is -2.46. The molecule has 7 nitrogen and oxygen atoms in total. The highest BCUT2D eigenvalue weighted by Crippen LogP contribution is 2.32. The number of nitrogens with one attached hydrogen (secondary N) is 1. The maximum atomic E-state index is 11.1. The van der Waals surface area contributed by atoms with E-state index in [2.05, 4.69) is 10.3 Å². The Morgan fingerprint density at radius 1 is 1.27 bits per heavy atom. The SMILES string of the molecule is CC(C)(O)c1ncc(SN)s1.NC(=O)Nc1cc(-c2ccccc2)nc2c1CCC2. The summed E-state index contributed by atoms with van der Waals surface area (Å²) in [6.45, 7) is 3.41. The van der Waals surface area contributed by atoms with Crippen molar-refractivity contribution in [1.29, 1.82) is 0 Å². The smallest absolute Gasteiger partial charge is 0.316 e. The van der Waals surface area contributed by atoms with Crippen molar-refractivity contribution in [1.82, 2.24) is 9.97 Å². The van der Waals surface area contributed by atoms with E-state index in [1.165, 1.54) is 11.3 Å². The number of urea groups is 1. The summed E-state index contributed by atoms with van der Waals surface area (Å²) in [7, 11) is 0. The van der Waals surface area contributed by atoms with Crippen LogP contribution >= 0.6 is 23.3 Å². The summed E-state index contributed by atoms with van der Waals surface area (Å²) in [5.41, 5.74) is 9.31. The average Bonchev–Trinajstić information content (AvgIpc) is 3.38. The van der Waals surface area contributed by atoms with Crippen molar-refractivity contribution in [3.8, 4) is 11.3 Å². The number of primary amides is 1. The second kappa shape index (κ2) is 9.57. The lowest BCUT2D eigenvalue weighted by molar-refractivity contribution is 0.0783. The normalized spacial score (nSPS) is 12.7. The van der Waals surface area contributed by atoms with Crippen molar-refractivity contribution < 1.29 is 9.90 Å². The molecule has 3 aromatic rings. The van der Waals surface area contributed by atoms with Gasteiger partial charge in [0.05, 0.1) is 16.1 Å². The number of aryl methyl sites for hydroxylation is 1. The van der Waals surface area contributed by atoms with E-state index < -0.39 is 11.6 Å². The molecule has 2 aromatic heterocycles. The average molecular weight is 444 g/mol. The number of aromatic nitrogens is 2. The van der Waals surface area contributed by atoms with E-state index in [-0.39, 0.29) is 0 Å². The minimum absolute atomic E-state index is 0.528. The maximum absolute atomic E-state index is 11.1. The number of carbonyl (C=O) groups is 1. The van der Waals surface area contributed by atoms with Gasteiger partial charge in [0.1, 0.15) is 10.6 Å². The zero-order valence-corrected chi connectivity index (χ0v) is 18.5. The summed E-state index contributed by atoms with van der Waals surface area (Å²) in [6.07, 6.45) is 4.66. The van der Waals surface area contributed by atoms with Gasteiger partial charge in [-0.15, -0.1) is 11.3 Å². The van der Waals surface area contributed by atoms with Crippen molar-refractivity contribution in [2.75, 3.05) is 5.32 Å². The molecule has 1 aliphatic rings. The van der Waals surface area contributed by atoms with Crippen LogP contribution in [0.2, 0.25) is 0 Å². The first-order chi connectivity index (χ1) is 14.3. The Morgan fingerprint density at radius 3 is 2.57 bits per heavy atom. The third kappa shape index (κ3) is 5.57. The molecule has 2 heterocycles. The number of pyridine rings is 1. The molecule has 1 aliphatic carbocycles. The molecule has 158 valence electrons. The van der Waals surface area contributed by atoms with Gasteiger partial charge in [0.15, 0.2) is 0 Å². The largest absolute Gasteiger partial charge is 0.383 e. The van der Waals surface area contributed by atoms with Gasteiger partial charge in [0, 0.05) is 16.9 Å². The zero-order chi connectivity index (χ0) is 21.7. The topological polar surface area (TPSA) is 127 Å². The van der Waals surface area contributed by atoms with Gasteiger partial charge in [0.25, 0.3) is 0 Å². The van der Waals surface area contributed by atoms with Crippen LogP contribution in [0.25, 0.3) is 11.3 Å². The van der Waals surface area contributed by atoms with Crippen molar-refractivity contribution in [2.24, 2.45) is 10.9 Å². The fourth-order valence-corrected chi connectivity index (χ4v) is 4.33. The summed E-state index contributed by atoms with van der Waals surface area (Å²) < 4.78 is 0.919. The van der Waals surface area contributed by atoms with Crippen LogP contribution in [-0.2, 0) is 18.4 Å². The molecule has 0 saturated carbocycles. The van der Waals surface area contributed by atoms with Gasteiger partial charge in [-0.3, -0.25) is 10.1 Å². The van der Waals surface area contributed by atoms with E-state index >= 15 is 0 Å². The number of benzene rings is 1. The first kappa shape index (κ1) is 22.2. The van der Waals surface area contributed by atoms with Crippen LogP contribution in [-0.4, -0.2) is 21.1 Å². The Balaban J connectivity index is 0.000000199. The molecule has 30 heavy (non-hydrogen) atoms. The quantitative estimate of drug-likeness (QED) is 0.450. The highest BCUT2D eigenvalue weighted by Gasteiger charge is 2.20. The number of hydrogen-bond donors (Lipinski definition) is 4. The number of thiazole rings is 1. The molecule has 0 radical (unpaired) electrons. The van der Waals surface area contributed by atoms with Crippen LogP contribution in [0.5, 0.6) is 0 Å². The van der Waals surface area contributed by atoms with Gasteiger partial charge < -0.3 is 16.2 Å². The Morgan fingerprint density at radius 2 is 2.00 bits per heavy atom. The molecule has 0 saturated heterocycles. The lowest BCUT2D eigenvalue weighted by Crippen LogP contribution is -2.20. The molecule has 0 spiro atoms. The highest BCUT2D eigenvalue weighted by molar-refractivity contribution is 7.99. The van der Waals surface area contributed by atoms with Crippen LogP contribution in [0.4, 0.5) is 10.5 Å². The minimum Gasteiger partial charge on any atom is -0.383 e. The molecule has 0 unspecified atom stereocenters. The van der Waals surface area contributed by atoms with E-state index in [4.69, 9.17) is 15.9 Å². The van der Waals surface area contributed by atoms with Crippen LogP contribution in [0.3, 0.4) is 0 Å². The lowest BCUT2D eigenvalue weighted by atomic mass is 10.1. The van der Waals surface area contributed by atoms with Gasteiger partial charge >= 0.3 is 6.03 Å². The molecule has 1 aromatic carbocycles. The Bertz CT molecular complexity index is 1020. The Kier molecular flexibility index (Phi) is 7.09. The van der Waals surface area contributed by atoms with Crippen molar-refractivity contribution in [3.63, 3.8) is 0 Å². The molecule has 6 N–H and O–H groups in total. The van der Waals surface area contributed by atoms with E-state index in [1.807, 2.05) is 36.4 Å². The number of nitrogens with zero attached hydrogens (tertiary/aromatic N) is 2. The van der Waals surface area contributed by atoms with Gasteiger partial charge in [-0.1, -0.05) is 30.3 Å². The summed E-state index contributed by atoms with van der Waals surface area (Å²) in [6, 6.07) is 11.3. The number of anilines is 1. The number of aliphatic hydroxyl groups is 1. The van der Waals surface area contributed by atoms with Gasteiger partial charge in [0.2, 0.25) is 0 Å². The fraction of sp³-hybridized carbons (Fsp3) is 0.286. The van der Waals surface area contributed by atoms with Gasteiger partial charge in [-0.05, 0) is 56.7 Å². The standard InChI is InChI=1S/C15H15N3O.C6H10N2OS2/c16-15(19)18-14-9-13(10-5-2-1-3-6-10)17-12-8-4-7-11(12)14;1-6(2,9)5-8-3-4(10-5)11-7/h1-3,5-6,9H,4,7-8H2,(H3,16,17,18,19);3,9H,7H2,1-2H3. The molecule has 0 fully saturated rings. The number of fused-ring (bicyclic) bond motifs is 1. The minimum atomic E-state index is -0.849. The predicted molar refractivity (Wildman–Crippen MR) is 122 cm³/mol. The first-order valence-corrected chi connectivity index (χ1v) is 11.2. The third-order valence-electron chi connectivity index (χ3n) is 4.50. The lowest BCUT2D eigenvalue weighted by Gasteiger charge is -2.11. The molecule has 2 amide bonds. The molecular formula is C21H25N5O2S2. The summed E-state index contributed by atoms with van der Waals surface area (Å²) in [5, 5.41) is 18.2. The fourth-order valence-electron chi connectivity index (χ4n) is 3.14. The predicted octanol–water partition coefficient (Wildman–Crippen LogP) is 4.06. The second-order valence-corrected chi connectivity index (χ2v) is 9.32. The molecule has 0 aliphatic heterocycles. The summed E-state index contributed by atoms with van der Waals surface area (Å²) >= 11 is 2.57. The Labute approximate surface area is 184 Å². The number of rotatable bonds is 4. The van der Waals surface area contributed by atoms with Crippen LogP contribution < -0.4 is 16.2 Å². The maximum Gasteiger partial charge on any atom is 0.316 e. The molecule has 0 atom stereocenters. The van der Waals surface area contributed by atoms with Gasteiger partial charge in [-0.2, -0.15) is 0 Å². The first-order valence-electron chi connectivity index (χ1n) is 9.48. The van der Waals surface area contributed by atoms with Crippen molar-refractivity contribution >= 4 is 35.0 Å². The number of carbonyl (C=O) groups excluding carboxylic acids is 1. The molecule has 9 heteroatoms. The van der Waals surface area contributed by atoms with Crippen molar-refractivity contribution in [2.45, 2.75) is 42.9 Å². The number of nitrogens with two attached hydrogens (primary N) is 2. The summed E-state index contributed by atoms with van der Waals surface area (Å²) in [5.74, 6) is 0. The van der Waals surface area contributed by atoms with Crippen LogP contribution in [0, 0.1) is 0 Å². The van der Waals surface area contributed by atoms with Crippen LogP contribution in [0.1, 0.15) is 36.5 Å². The van der Waals surface area contributed by atoms with E-state index in [0.717, 1.165) is 63.6 Å².